The quantitative estimate of drug-likeness (QED) is 0.186. The number of carbonyl (C=O) groups is 1. The largest absolute Gasteiger partial charge is 0.321 e. The molecule has 1 heterocycles. The van der Waals surface area contributed by atoms with E-state index in [4.69, 9.17) is 0 Å². The predicted molar refractivity (Wildman–Crippen MR) is 122 cm³/mol. The standard InChI is InChI=1S/C23H19N5O3S/c1-14-9-15(2)21(16(3)10-14)27-22(29)18(13-24)11-17-5-6-20(19(12-17)28(30)31)32-23-25-7-4-8-26-23/h4-12H,1-3H3,(H,27,29)/b18-11+. The number of nitrogens with one attached hydrogen (secondary N) is 1. The molecule has 0 aliphatic carbocycles. The van der Waals surface area contributed by atoms with Crippen LogP contribution in [0.2, 0.25) is 0 Å². The van der Waals surface area contributed by atoms with E-state index >= 15 is 0 Å². The molecule has 1 amide bonds. The lowest BCUT2D eigenvalue weighted by molar-refractivity contribution is -0.387. The summed E-state index contributed by atoms with van der Waals surface area (Å²) in [5.74, 6) is -0.582. The third kappa shape index (κ3) is 5.36. The summed E-state index contributed by atoms with van der Waals surface area (Å²) in [6, 6.07) is 11.9. The molecule has 0 radical (unpaired) electrons. The molecular weight excluding hydrogens is 426 g/mol. The van der Waals surface area contributed by atoms with E-state index in [1.54, 1.807) is 30.6 Å². The number of nitrogens with zero attached hydrogens (tertiary/aromatic N) is 4. The van der Waals surface area contributed by atoms with Crippen molar-refractivity contribution in [1.29, 1.82) is 5.26 Å². The zero-order chi connectivity index (χ0) is 23.3. The SMILES string of the molecule is Cc1cc(C)c(NC(=O)/C(C#N)=C/c2ccc(Sc3ncccn3)c([N+](=O)[O-])c2)c(C)c1. The molecule has 0 unspecified atom stereocenters. The fraction of sp³-hybridized carbons (Fsp3) is 0.130. The summed E-state index contributed by atoms with van der Waals surface area (Å²) in [5.41, 5.74) is 3.51. The number of aromatic nitrogens is 2. The molecular formula is C23H19N5O3S. The molecule has 0 spiro atoms. The summed E-state index contributed by atoms with van der Waals surface area (Å²) in [7, 11) is 0. The molecule has 0 fully saturated rings. The van der Waals surface area contributed by atoms with Crippen LogP contribution < -0.4 is 5.32 Å². The van der Waals surface area contributed by atoms with Gasteiger partial charge in [-0.3, -0.25) is 14.9 Å². The minimum Gasteiger partial charge on any atom is -0.321 e. The molecule has 3 rings (SSSR count). The molecule has 9 heteroatoms. The van der Waals surface area contributed by atoms with Crippen LogP contribution in [0.1, 0.15) is 22.3 Å². The minimum atomic E-state index is -0.582. The fourth-order valence-electron chi connectivity index (χ4n) is 3.16. The first-order valence-electron chi connectivity index (χ1n) is 9.53. The van der Waals surface area contributed by atoms with Gasteiger partial charge in [0.15, 0.2) is 5.16 Å². The van der Waals surface area contributed by atoms with E-state index in [1.807, 2.05) is 39.0 Å². The highest BCUT2D eigenvalue weighted by Crippen LogP contribution is 2.34. The second kappa shape index (κ2) is 9.85. The normalized spacial score (nSPS) is 11.0. The third-order valence-corrected chi connectivity index (χ3v) is 5.47. The Labute approximate surface area is 189 Å². The Morgan fingerprint density at radius 3 is 2.41 bits per heavy atom. The van der Waals surface area contributed by atoms with Crippen LogP contribution in [0.4, 0.5) is 11.4 Å². The van der Waals surface area contributed by atoms with E-state index in [2.05, 4.69) is 15.3 Å². The second-order valence-electron chi connectivity index (χ2n) is 7.02. The van der Waals surface area contributed by atoms with Gasteiger partial charge in [-0.2, -0.15) is 5.26 Å². The van der Waals surface area contributed by atoms with Crippen molar-refractivity contribution in [3.63, 3.8) is 0 Å². The maximum Gasteiger partial charge on any atom is 0.283 e. The van der Waals surface area contributed by atoms with Crippen LogP contribution in [0.3, 0.4) is 0 Å². The first-order chi connectivity index (χ1) is 15.3. The van der Waals surface area contributed by atoms with Gasteiger partial charge >= 0.3 is 0 Å². The Balaban J connectivity index is 1.90. The summed E-state index contributed by atoms with van der Waals surface area (Å²) in [5, 5.41) is 24.2. The number of benzene rings is 2. The van der Waals surface area contributed by atoms with Gasteiger partial charge in [-0.05, 0) is 67.4 Å². The maximum atomic E-state index is 12.7. The number of hydrogen-bond donors (Lipinski definition) is 1. The van der Waals surface area contributed by atoms with E-state index in [9.17, 15) is 20.2 Å². The lowest BCUT2D eigenvalue weighted by atomic mass is 10.0. The lowest BCUT2D eigenvalue weighted by Crippen LogP contribution is -2.15. The molecule has 0 aliphatic rings. The van der Waals surface area contributed by atoms with Crippen LogP contribution in [0.15, 0.2) is 64.4 Å². The molecule has 0 bridgehead atoms. The number of hydrogen-bond acceptors (Lipinski definition) is 7. The number of rotatable bonds is 6. The van der Waals surface area contributed by atoms with E-state index < -0.39 is 10.8 Å². The summed E-state index contributed by atoms with van der Waals surface area (Å²) in [6.07, 6.45) is 4.43. The predicted octanol–water partition coefficient (Wildman–Crippen LogP) is 5.01. The van der Waals surface area contributed by atoms with Gasteiger partial charge in [0.05, 0.1) is 9.82 Å². The maximum absolute atomic E-state index is 12.7. The molecule has 0 saturated heterocycles. The van der Waals surface area contributed by atoms with Gasteiger partial charge < -0.3 is 5.32 Å². The highest BCUT2D eigenvalue weighted by atomic mass is 32.2. The molecule has 2 aromatic carbocycles. The smallest absolute Gasteiger partial charge is 0.283 e. The van der Waals surface area contributed by atoms with Crippen molar-refractivity contribution in [2.75, 3.05) is 5.32 Å². The molecule has 0 atom stereocenters. The van der Waals surface area contributed by atoms with Crippen LogP contribution in [0.25, 0.3) is 6.08 Å². The molecule has 1 N–H and O–H groups in total. The molecule has 3 aromatic rings. The van der Waals surface area contributed by atoms with E-state index in [-0.39, 0.29) is 11.3 Å². The van der Waals surface area contributed by atoms with Crippen molar-refractivity contribution in [2.24, 2.45) is 0 Å². The van der Waals surface area contributed by atoms with Crippen molar-refractivity contribution < 1.29 is 9.72 Å². The monoisotopic (exact) mass is 445 g/mol. The van der Waals surface area contributed by atoms with Crippen molar-refractivity contribution in [3.05, 3.63) is 86.7 Å². The van der Waals surface area contributed by atoms with Gasteiger partial charge in [0.1, 0.15) is 11.6 Å². The molecule has 8 nitrogen and oxygen atoms in total. The molecule has 160 valence electrons. The Kier molecular flexibility index (Phi) is 6.97. The zero-order valence-corrected chi connectivity index (χ0v) is 18.4. The number of anilines is 1. The van der Waals surface area contributed by atoms with Crippen molar-refractivity contribution in [1.82, 2.24) is 9.97 Å². The molecule has 32 heavy (non-hydrogen) atoms. The van der Waals surface area contributed by atoms with Gasteiger partial charge in [0.25, 0.3) is 11.6 Å². The second-order valence-corrected chi connectivity index (χ2v) is 8.02. The van der Waals surface area contributed by atoms with Gasteiger partial charge in [-0.1, -0.05) is 23.8 Å². The summed E-state index contributed by atoms with van der Waals surface area (Å²) >= 11 is 1.06. The minimum absolute atomic E-state index is 0.162. The van der Waals surface area contributed by atoms with E-state index in [1.165, 1.54) is 12.1 Å². The van der Waals surface area contributed by atoms with Crippen LogP contribution in [0, 0.1) is 42.2 Å². The third-order valence-electron chi connectivity index (χ3n) is 4.51. The summed E-state index contributed by atoms with van der Waals surface area (Å²) in [6.45, 7) is 5.72. The van der Waals surface area contributed by atoms with Gasteiger partial charge in [0.2, 0.25) is 0 Å². The highest BCUT2D eigenvalue weighted by Gasteiger charge is 2.18. The van der Waals surface area contributed by atoms with Crippen LogP contribution in [-0.2, 0) is 4.79 Å². The Bertz CT molecular complexity index is 1240. The molecule has 0 aliphatic heterocycles. The fourth-order valence-corrected chi connectivity index (χ4v) is 3.96. The van der Waals surface area contributed by atoms with E-state index in [0.29, 0.717) is 21.3 Å². The highest BCUT2D eigenvalue weighted by molar-refractivity contribution is 7.99. The summed E-state index contributed by atoms with van der Waals surface area (Å²) in [4.78, 5) is 32.3. The number of nitro groups is 1. The first-order valence-corrected chi connectivity index (χ1v) is 10.3. The number of aryl methyl sites for hydroxylation is 3. The number of nitro benzene ring substituents is 1. The van der Waals surface area contributed by atoms with Gasteiger partial charge in [-0.15, -0.1) is 0 Å². The van der Waals surface area contributed by atoms with Crippen LogP contribution in [-0.4, -0.2) is 20.8 Å². The van der Waals surface area contributed by atoms with Crippen molar-refractivity contribution in [2.45, 2.75) is 30.8 Å². The van der Waals surface area contributed by atoms with Gasteiger partial charge in [0, 0.05) is 24.1 Å². The Hall–Kier alpha value is -4.03. The van der Waals surface area contributed by atoms with Crippen molar-refractivity contribution >= 4 is 35.1 Å². The average molecular weight is 446 g/mol. The zero-order valence-electron chi connectivity index (χ0n) is 17.6. The van der Waals surface area contributed by atoms with Crippen LogP contribution >= 0.6 is 11.8 Å². The van der Waals surface area contributed by atoms with E-state index in [0.717, 1.165) is 28.5 Å². The lowest BCUT2D eigenvalue weighted by Gasteiger charge is -2.12. The molecule has 0 saturated carbocycles. The Morgan fingerprint density at radius 2 is 1.81 bits per heavy atom. The number of amides is 1. The first kappa shape index (κ1) is 22.7. The topological polar surface area (TPSA) is 122 Å². The Morgan fingerprint density at radius 1 is 1.16 bits per heavy atom. The summed E-state index contributed by atoms with van der Waals surface area (Å²) < 4.78 is 0. The van der Waals surface area contributed by atoms with Crippen molar-refractivity contribution in [3.8, 4) is 6.07 Å². The number of nitriles is 1. The molecule has 1 aromatic heterocycles. The average Bonchev–Trinajstić information content (AvgIpc) is 2.75. The number of carbonyl (C=O) groups excluding carboxylic acids is 1. The van der Waals surface area contributed by atoms with Gasteiger partial charge in [-0.25, -0.2) is 9.97 Å². The van der Waals surface area contributed by atoms with Crippen LogP contribution in [0.5, 0.6) is 0 Å².